The molecule has 1 saturated heterocycles. The Bertz CT molecular complexity index is 2400. The predicted octanol–water partition coefficient (Wildman–Crippen LogP) is 9.00. The normalized spacial score (nSPS) is 18.2. The lowest BCUT2D eigenvalue weighted by Crippen LogP contribution is -2.39. The SMILES string of the molecule is COc1ccc(C(OC[C@H]2O[C@@H](n3cnc4c(NC(=O)c5ccccc5)ncnc43)[C@H](OP(OCCC#N)N(C(C)C)C(C)C)[C@@H]2F)(c2ccccc2)c2ccc(OC)cc2)cc1. The molecule has 16 heteroatoms. The molecule has 1 aliphatic rings. The summed E-state index contributed by atoms with van der Waals surface area (Å²) in [7, 11) is 1.27. The number of benzene rings is 4. The highest BCUT2D eigenvalue weighted by atomic mass is 31.2. The summed E-state index contributed by atoms with van der Waals surface area (Å²) in [6.07, 6.45) is -2.52. The van der Waals surface area contributed by atoms with Gasteiger partial charge in [-0.2, -0.15) is 5.26 Å². The van der Waals surface area contributed by atoms with Crippen LogP contribution in [0.25, 0.3) is 11.2 Å². The van der Waals surface area contributed by atoms with Crippen LogP contribution in [-0.2, 0) is 24.1 Å². The maximum atomic E-state index is 17.7. The topological polar surface area (TPSA) is 155 Å². The fourth-order valence-corrected chi connectivity index (χ4v) is 9.48. The average Bonchev–Trinajstić information content (AvgIpc) is 3.87. The molecule has 0 aliphatic carbocycles. The van der Waals surface area contributed by atoms with Gasteiger partial charge in [0, 0.05) is 17.6 Å². The van der Waals surface area contributed by atoms with Crippen LogP contribution in [0.3, 0.4) is 0 Å². The number of aromatic nitrogens is 4. The summed E-state index contributed by atoms with van der Waals surface area (Å²) < 4.78 is 59.3. The number of anilines is 1. The van der Waals surface area contributed by atoms with Crippen molar-refractivity contribution in [1.29, 1.82) is 5.26 Å². The van der Waals surface area contributed by atoms with Crippen molar-refractivity contribution in [3.63, 3.8) is 0 Å². The quantitative estimate of drug-likeness (QED) is 0.0469. The van der Waals surface area contributed by atoms with Crippen molar-refractivity contribution in [2.45, 2.75) is 76.4 Å². The van der Waals surface area contributed by atoms with Gasteiger partial charge >= 0.3 is 0 Å². The molecule has 0 bridgehead atoms. The second kappa shape index (κ2) is 20.6. The largest absolute Gasteiger partial charge is 0.497 e. The van der Waals surface area contributed by atoms with E-state index in [0.29, 0.717) is 17.1 Å². The Balaban J connectivity index is 1.30. The van der Waals surface area contributed by atoms with Crippen LogP contribution in [0.2, 0.25) is 0 Å². The van der Waals surface area contributed by atoms with Gasteiger partial charge in [-0.15, -0.1) is 0 Å². The van der Waals surface area contributed by atoms with Gasteiger partial charge in [0.1, 0.15) is 35.6 Å². The maximum absolute atomic E-state index is 17.7. The molecule has 3 heterocycles. The number of rotatable bonds is 19. The number of nitrogens with zero attached hydrogens (tertiary/aromatic N) is 6. The van der Waals surface area contributed by atoms with Crippen molar-refractivity contribution < 1.29 is 37.2 Å². The Morgan fingerprint density at radius 1 is 0.873 bits per heavy atom. The van der Waals surface area contributed by atoms with Gasteiger partial charge in [0.25, 0.3) is 14.4 Å². The van der Waals surface area contributed by atoms with Crippen LogP contribution in [0.15, 0.2) is 122 Å². The van der Waals surface area contributed by atoms with Crippen LogP contribution >= 0.6 is 8.53 Å². The number of nitrogens with one attached hydrogen (secondary N) is 1. The van der Waals surface area contributed by atoms with Crippen molar-refractivity contribution in [3.8, 4) is 17.6 Å². The van der Waals surface area contributed by atoms with E-state index in [2.05, 4.69) is 26.3 Å². The zero-order valence-corrected chi connectivity index (χ0v) is 36.9. The van der Waals surface area contributed by atoms with E-state index in [9.17, 15) is 10.1 Å². The van der Waals surface area contributed by atoms with Crippen LogP contribution < -0.4 is 14.8 Å². The van der Waals surface area contributed by atoms with Gasteiger partial charge in [0.05, 0.1) is 46.3 Å². The number of fused-ring (bicyclic) bond motifs is 1. The Morgan fingerprint density at radius 2 is 1.46 bits per heavy atom. The third kappa shape index (κ3) is 9.72. The highest BCUT2D eigenvalue weighted by molar-refractivity contribution is 7.44. The highest BCUT2D eigenvalue weighted by Gasteiger charge is 2.51. The van der Waals surface area contributed by atoms with E-state index in [4.69, 9.17) is 28.0 Å². The molecule has 1 aliphatic heterocycles. The first-order chi connectivity index (χ1) is 30.6. The number of amides is 1. The van der Waals surface area contributed by atoms with E-state index < -0.39 is 38.7 Å². The number of ether oxygens (including phenoxy) is 4. The van der Waals surface area contributed by atoms with Crippen molar-refractivity contribution in [1.82, 2.24) is 24.2 Å². The molecular weight excluding hydrogens is 825 g/mol. The lowest BCUT2D eigenvalue weighted by Gasteiger charge is -2.38. The van der Waals surface area contributed by atoms with Gasteiger partial charge in [-0.25, -0.2) is 24.0 Å². The van der Waals surface area contributed by atoms with E-state index in [1.165, 1.54) is 12.7 Å². The number of carbonyl (C=O) groups excluding carboxylic acids is 1. The van der Waals surface area contributed by atoms with Gasteiger partial charge in [-0.3, -0.25) is 9.36 Å². The molecule has 1 amide bonds. The molecule has 7 rings (SSSR count). The van der Waals surface area contributed by atoms with Crippen LogP contribution in [0, 0.1) is 11.3 Å². The lowest BCUT2D eigenvalue weighted by molar-refractivity contribution is -0.0887. The summed E-state index contributed by atoms with van der Waals surface area (Å²) in [5.74, 6) is 1.10. The minimum Gasteiger partial charge on any atom is -0.497 e. The smallest absolute Gasteiger partial charge is 0.259 e. The minimum atomic E-state index is -1.94. The second-order valence-electron chi connectivity index (χ2n) is 15.3. The first-order valence-corrected chi connectivity index (χ1v) is 21.8. The van der Waals surface area contributed by atoms with E-state index in [1.54, 1.807) is 43.1 Å². The summed E-state index contributed by atoms with van der Waals surface area (Å²) in [5, 5.41) is 12.2. The summed E-state index contributed by atoms with van der Waals surface area (Å²) in [5.41, 5.74) is 2.02. The molecule has 14 nitrogen and oxygen atoms in total. The Labute approximate surface area is 367 Å². The molecule has 5 atom stereocenters. The van der Waals surface area contributed by atoms with Crippen molar-refractivity contribution >= 4 is 31.4 Å². The summed E-state index contributed by atoms with van der Waals surface area (Å²) in [4.78, 5) is 26.7. The number of methoxy groups -OCH3 is 2. The molecule has 328 valence electrons. The predicted molar refractivity (Wildman–Crippen MR) is 237 cm³/mol. The summed E-state index contributed by atoms with van der Waals surface area (Å²) in [6.45, 7) is 7.86. The number of imidazole rings is 1. The fraction of sp³-hybridized carbons (Fsp3) is 0.340. The van der Waals surface area contributed by atoms with Gasteiger partial charge < -0.3 is 33.3 Å². The second-order valence-corrected chi connectivity index (χ2v) is 16.7. The average molecular weight is 876 g/mol. The van der Waals surface area contributed by atoms with E-state index in [-0.39, 0.29) is 54.6 Å². The third-order valence-electron chi connectivity index (χ3n) is 10.7. The Kier molecular flexibility index (Phi) is 14.7. The van der Waals surface area contributed by atoms with Crippen molar-refractivity contribution in [3.05, 3.63) is 144 Å². The first-order valence-electron chi connectivity index (χ1n) is 20.7. The number of alkyl halides is 1. The molecule has 0 radical (unpaired) electrons. The van der Waals surface area contributed by atoms with Crippen LogP contribution in [0.5, 0.6) is 11.5 Å². The summed E-state index contributed by atoms with van der Waals surface area (Å²) >= 11 is 0. The van der Waals surface area contributed by atoms with Gasteiger partial charge in [0.2, 0.25) is 0 Å². The molecule has 1 unspecified atom stereocenters. The number of hydrogen-bond acceptors (Lipinski definition) is 12. The summed E-state index contributed by atoms with van der Waals surface area (Å²) in [6, 6.07) is 35.6. The molecule has 1 N–H and O–H groups in total. The molecule has 4 aromatic carbocycles. The molecule has 6 aromatic rings. The van der Waals surface area contributed by atoms with Crippen molar-refractivity contribution in [2.24, 2.45) is 0 Å². The standard InChI is InChI=1S/C47H51FN7O7P/c1-31(2)55(32(3)4)63(60-27-13-26-49)62-42-40(48)39(61-46(42)54-30-52-41-43(50-29-51-44(41)54)53-45(56)33-14-9-7-10-15-33)28-59-47(34-16-11-8-12-17-34,35-18-22-37(57-5)23-19-35)36-20-24-38(58-6)25-21-36/h7-12,14-25,29-32,39-40,42,46H,13,27-28H2,1-6H3,(H,50,51,53,56)/t39-,40-,42-,46-,63?/m1/s1. The zero-order chi connectivity index (χ0) is 44.5. The minimum absolute atomic E-state index is 0.0609. The van der Waals surface area contributed by atoms with E-state index in [1.807, 2.05) is 117 Å². The number of nitriles is 1. The highest BCUT2D eigenvalue weighted by Crippen LogP contribution is 2.52. The lowest BCUT2D eigenvalue weighted by atomic mass is 9.80. The molecule has 1 fully saturated rings. The van der Waals surface area contributed by atoms with E-state index >= 15 is 4.39 Å². The van der Waals surface area contributed by atoms with Crippen LogP contribution in [0.1, 0.15) is 67.4 Å². The number of hydrogen-bond donors (Lipinski definition) is 1. The monoisotopic (exact) mass is 875 g/mol. The van der Waals surface area contributed by atoms with Crippen LogP contribution in [0.4, 0.5) is 10.2 Å². The molecule has 0 spiro atoms. The van der Waals surface area contributed by atoms with Crippen LogP contribution in [-0.4, -0.2) is 88.0 Å². The molecule has 0 saturated carbocycles. The first kappa shape index (κ1) is 45.2. The third-order valence-corrected chi connectivity index (χ3v) is 12.8. The van der Waals surface area contributed by atoms with Crippen molar-refractivity contribution in [2.75, 3.05) is 32.8 Å². The zero-order valence-electron chi connectivity index (χ0n) is 36.0. The number of halogens is 1. The number of carbonyl (C=O) groups is 1. The fourth-order valence-electron chi connectivity index (χ4n) is 7.74. The Hall–Kier alpha value is -5.85. The van der Waals surface area contributed by atoms with Gasteiger partial charge in [0.15, 0.2) is 29.4 Å². The van der Waals surface area contributed by atoms with Gasteiger partial charge in [-0.05, 0) is 80.8 Å². The molecule has 63 heavy (non-hydrogen) atoms. The van der Waals surface area contributed by atoms with E-state index in [0.717, 1.165) is 16.7 Å². The van der Waals surface area contributed by atoms with Gasteiger partial charge in [-0.1, -0.05) is 72.8 Å². The molecule has 2 aromatic heterocycles. The maximum Gasteiger partial charge on any atom is 0.259 e. The molecular formula is C47H51FN7O7P. The Morgan fingerprint density at radius 3 is 2.03 bits per heavy atom.